The number of aromatic hydroxyl groups is 1. The third kappa shape index (κ3) is 5.69. The van der Waals surface area contributed by atoms with Gasteiger partial charge in [-0.3, -0.25) is 9.59 Å². The van der Waals surface area contributed by atoms with Crippen LogP contribution in [0.15, 0.2) is 57.7 Å². The summed E-state index contributed by atoms with van der Waals surface area (Å²) in [6.45, 7) is 2.39. The Morgan fingerprint density at radius 3 is 2.37 bits per heavy atom. The van der Waals surface area contributed by atoms with E-state index in [0.29, 0.717) is 41.3 Å². The second kappa shape index (κ2) is 12.1. The van der Waals surface area contributed by atoms with Gasteiger partial charge in [0.05, 0.1) is 25.3 Å². The molecule has 0 aliphatic carbocycles. The van der Waals surface area contributed by atoms with Crippen LogP contribution in [0.5, 0.6) is 17.2 Å². The fraction of sp³-hybridized carbons (Fsp3) is 0.286. The number of nitrogens with zero attached hydrogens (tertiary/aromatic N) is 2. The standard InChI is InChI=1S/C28H30N4O6/c1-4-5-12-18-23(24-19(36-2)13-9-14-20(24)37-3)26(34)25(27(35)30-18)28-32-31-22(38-28)15-21(33)29-16-17-10-7-6-8-11-17/h6-11,13-14H,4-5,12,15-16H2,1-3H3,(H,29,33)(H2,30,34,35). The van der Waals surface area contributed by atoms with Gasteiger partial charge in [-0.25, -0.2) is 0 Å². The average molecular weight is 519 g/mol. The summed E-state index contributed by atoms with van der Waals surface area (Å²) in [6.07, 6.45) is 1.99. The van der Waals surface area contributed by atoms with Crippen molar-refractivity contribution < 1.29 is 23.8 Å². The normalized spacial score (nSPS) is 10.8. The maximum atomic E-state index is 13.1. The lowest BCUT2D eigenvalue weighted by atomic mass is 9.96. The number of hydrogen-bond acceptors (Lipinski definition) is 8. The van der Waals surface area contributed by atoms with Crippen LogP contribution in [0, 0.1) is 0 Å². The number of aryl methyl sites for hydroxylation is 1. The lowest BCUT2D eigenvalue weighted by Gasteiger charge is -2.18. The van der Waals surface area contributed by atoms with E-state index >= 15 is 0 Å². The van der Waals surface area contributed by atoms with Crippen molar-refractivity contribution in [3.05, 3.63) is 76.0 Å². The molecule has 1 amide bonds. The molecule has 3 N–H and O–H groups in total. The number of amides is 1. The van der Waals surface area contributed by atoms with Crippen molar-refractivity contribution in [1.29, 1.82) is 0 Å². The van der Waals surface area contributed by atoms with Gasteiger partial charge in [0.25, 0.3) is 11.4 Å². The van der Waals surface area contributed by atoms with Crippen molar-refractivity contribution in [1.82, 2.24) is 20.5 Å². The van der Waals surface area contributed by atoms with Gasteiger partial charge in [0.2, 0.25) is 11.8 Å². The first-order valence-corrected chi connectivity index (χ1v) is 12.3. The van der Waals surface area contributed by atoms with Gasteiger partial charge in [0, 0.05) is 12.2 Å². The molecule has 0 saturated carbocycles. The van der Waals surface area contributed by atoms with Gasteiger partial charge in [-0.15, -0.1) is 10.2 Å². The fourth-order valence-electron chi connectivity index (χ4n) is 4.17. The summed E-state index contributed by atoms with van der Waals surface area (Å²) >= 11 is 0. The summed E-state index contributed by atoms with van der Waals surface area (Å²) < 4.78 is 16.8. The van der Waals surface area contributed by atoms with Crippen LogP contribution in [-0.2, 0) is 24.2 Å². The minimum Gasteiger partial charge on any atom is -0.506 e. The third-order valence-electron chi connectivity index (χ3n) is 6.05. The molecule has 0 saturated heterocycles. The van der Waals surface area contributed by atoms with Gasteiger partial charge in [0.15, 0.2) is 0 Å². The Kier molecular flexibility index (Phi) is 8.42. The Bertz CT molecular complexity index is 1440. The number of rotatable bonds is 11. The smallest absolute Gasteiger partial charge is 0.264 e. The molecule has 0 aliphatic heterocycles. The Morgan fingerprint density at radius 2 is 1.71 bits per heavy atom. The first-order valence-electron chi connectivity index (χ1n) is 12.3. The van der Waals surface area contributed by atoms with E-state index in [9.17, 15) is 14.7 Å². The highest BCUT2D eigenvalue weighted by Gasteiger charge is 2.27. The molecule has 10 heteroatoms. The van der Waals surface area contributed by atoms with E-state index in [1.165, 1.54) is 14.2 Å². The molecule has 0 radical (unpaired) electrons. The average Bonchev–Trinajstić information content (AvgIpc) is 3.38. The molecule has 198 valence electrons. The number of hydrogen-bond donors (Lipinski definition) is 3. The van der Waals surface area contributed by atoms with E-state index in [2.05, 4.69) is 20.5 Å². The molecule has 2 heterocycles. The summed E-state index contributed by atoms with van der Waals surface area (Å²) in [5.74, 6) is 0.0546. The minimum absolute atomic E-state index is 0.0100. The highest BCUT2D eigenvalue weighted by Crippen LogP contribution is 2.46. The number of nitrogens with one attached hydrogen (secondary N) is 2. The molecule has 0 bridgehead atoms. The van der Waals surface area contributed by atoms with E-state index in [4.69, 9.17) is 13.9 Å². The molecule has 0 fully saturated rings. The monoisotopic (exact) mass is 518 g/mol. The Hall–Kier alpha value is -4.60. The SMILES string of the molecule is CCCCc1[nH]c(=O)c(-c2nnc(CC(=O)NCc3ccccc3)o2)c(O)c1-c1c(OC)cccc1OC. The maximum absolute atomic E-state index is 13.1. The number of aromatic nitrogens is 3. The van der Waals surface area contributed by atoms with Crippen LogP contribution < -0.4 is 20.3 Å². The molecular weight excluding hydrogens is 488 g/mol. The summed E-state index contributed by atoms with van der Waals surface area (Å²) in [6, 6.07) is 14.7. The van der Waals surface area contributed by atoms with E-state index < -0.39 is 5.56 Å². The van der Waals surface area contributed by atoms with Crippen LogP contribution in [-0.4, -0.2) is 40.4 Å². The van der Waals surface area contributed by atoms with Crippen molar-refractivity contribution in [3.8, 4) is 39.8 Å². The zero-order chi connectivity index (χ0) is 27.1. The zero-order valence-electron chi connectivity index (χ0n) is 21.5. The summed E-state index contributed by atoms with van der Waals surface area (Å²) in [5.41, 5.74) is 1.53. The van der Waals surface area contributed by atoms with Crippen LogP contribution >= 0.6 is 0 Å². The quantitative estimate of drug-likeness (QED) is 0.271. The highest BCUT2D eigenvalue weighted by atomic mass is 16.5. The second-order valence-corrected chi connectivity index (χ2v) is 8.61. The van der Waals surface area contributed by atoms with Crippen molar-refractivity contribution in [2.75, 3.05) is 14.2 Å². The second-order valence-electron chi connectivity index (χ2n) is 8.61. The van der Waals surface area contributed by atoms with Crippen LogP contribution in [0.1, 0.15) is 36.9 Å². The number of pyridine rings is 1. The Labute approximate surface area is 219 Å². The Morgan fingerprint density at radius 1 is 1.00 bits per heavy atom. The summed E-state index contributed by atoms with van der Waals surface area (Å²) in [4.78, 5) is 28.4. The van der Waals surface area contributed by atoms with Gasteiger partial charge < -0.3 is 29.3 Å². The number of methoxy groups -OCH3 is 2. The van der Waals surface area contributed by atoms with Gasteiger partial charge in [-0.1, -0.05) is 49.7 Å². The molecule has 0 aliphatic rings. The molecule has 2 aromatic heterocycles. The number of unbranched alkanes of at least 4 members (excludes halogenated alkanes) is 1. The molecule has 0 spiro atoms. The number of carbonyl (C=O) groups excluding carboxylic acids is 1. The van der Waals surface area contributed by atoms with Crippen LogP contribution in [0.25, 0.3) is 22.6 Å². The number of carbonyl (C=O) groups is 1. The number of ether oxygens (including phenoxy) is 2. The number of aromatic amines is 1. The topological polar surface area (TPSA) is 140 Å². The molecule has 4 aromatic rings. The van der Waals surface area contributed by atoms with Crippen LogP contribution in [0.4, 0.5) is 0 Å². The van der Waals surface area contributed by atoms with E-state index in [-0.39, 0.29) is 35.4 Å². The summed E-state index contributed by atoms with van der Waals surface area (Å²) in [5, 5.41) is 22.1. The zero-order valence-corrected chi connectivity index (χ0v) is 21.5. The number of benzene rings is 2. The Balaban J connectivity index is 1.70. The van der Waals surface area contributed by atoms with Crippen LogP contribution in [0.3, 0.4) is 0 Å². The predicted octanol–water partition coefficient (Wildman–Crippen LogP) is 4.02. The largest absolute Gasteiger partial charge is 0.506 e. The molecular formula is C28H30N4O6. The minimum atomic E-state index is -0.588. The van der Waals surface area contributed by atoms with Crippen molar-refractivity contribution in [3.63, 3.8) is 0 Å². The van der Waals surface area contributed by atoms with Crippen molar-refractivity contribution in [2.45, 2.75) is 39.2 Å². The van der Waals surface area contributed by atoms with E-state index in [0.717, 1.165) is 18.4 Å². The molecule has 10 nitrogen and oxygen atoms in total. The van der Waals surface area contributed by atoms with Gasteiger partial charge in [-0.2, -0.15) is 0 Å². The third-order valence-corrected chi connectivity index (χ3v) is 6.05. The van der Waals surface area contributed by atoms with Crippen molar-refractivity contribution >= 4 is 5.91 Å². The fourth-order valence-corrected chi connectivity index (χ4v) is 4.17. The predicted molar refractivity (Wildman–Crippen MR) is 141 cm³/mol. The first-order chi connectivity index (χ1) is 18.5. The molecule has 2 aromatic carbocycles. The van der Waals surface area contributed by atoms with Crippen LogP contribution in [0.2, 0.25) is 0 Å². The lowest BCUT2D eigenvalue weighted by molar-refractivity contribution is -0.120. The molecule has 38 heavy (non-hydrogen) atoms. The van der Waals surface area contributed by atoms with Gasteiger partial charge in [0.1, 0.15) is 29.2 Å². The van der Waals surface area contributed by atoms with Gasteiger partial charge >= 0.3 is 0 Å². The maximum Gasteiger partial charge on any atom is 0.264 e. The first kappa shape index (κ1) is 26.5. The summed E-state index contributed by atoms with van der Waals surface area (Å²) in [7, 11) is 3.03. The molecule has 0 atom stereocenters. The highest BCUT2D eigenvalue weighted by molar-refractivity contribution is 5.87. The van der Waals surface area contributed by atoms with E-state index in [1.54, 1.807) is 18.2 Å². The molecule has 4 rings (SSSR count). The van der Waals surface area contributed by atoms with Gasteiger partial charge in [-0.05, 0) is 30.5 Å². The van der Waals surface area contributed by atoms with E-state index in [1.807, 2.05) is 37.3 Å². The lowest BCUT2D eigenvalue weighted by Crippen LogP contribution is -2.24. The van der Waals surface area contributed by atoms with Crippen molar-refractivity contribution in [2.24, 2.45) is 0 Å². The molecule has 0 unspecified atom stereocenters. The number of H-pyrrole nitrogens is 1.